The second-order valence-corrected chi connectivity index (χ2v) is 6.50. The van der Waals surface area contributed by atoms with Gasteiger partial charge < -0.3 is 9.88 Å². The molecule has 0 bridgehead atoms. The lowest BCUT2D eigenvalue weighted by Crippen LogP contribution is -2.24. The highest BCUT2D eigenvalue weighted by Crippen LogP contribution is 2.22. The minimum Gasteiger partial charge on any atom is -0.351 e. The summed E-state index contributed by atoms with van der Waals surface area (Å²) in [4.78, 5) is 11.9. The normalized spacial score (nSPS) is 10.6. The van der Waals surface area contributed by atoms with Crippen LogP contribution < -0.4 is 5.32 Å². The largest absolute Gasteiger partial charge is 0.351 e. The third kappa shape index (κ3) is 4.99. The van der Waals surface area contributed by atoms with Gasteiger partial charge in [-0.05, 0) is 24.6 Å². The molecule has 23 heavy (non-hydrogen) atoms. The first-order chi connectivity index (χ1) is 11.0. The van der Waals surface area contributed by atoms with Crippen LogP contribution in [0.15, 0.2) is 36.0 Å². The highest BCUT2D eigenvalue weighted by atomic mass is 35.5. The Morgan fingerprint density at radius 2 is 2.17 bits per heavy atom. The second kappa shape index (κ2) is 8.38. The summed E-state index contributed by atoms with van der Waals surface area (Å²) in [5.41, 5.74) is 0.892. The molecule has 1 amide bonds. The first kappa shape index (κ1) is 17.8. The average Bonchev–Trinajstić information content (AvgIpc) is 2.87. The van der Waals surface area contributed by atoms with E-state index in [0.717, 1.165) is 11.4 Å². The Bertz CT molecular complexity index is 717. The Morgan fingerprint density at radius 3 is 2.87 bits per heavy atom. The van der Waals surface area contributed by atoms with Crippen LogP contribution in [0.4, 0.5) is 0 Å². The van der Waals surface area contributed by atoms with Crippen LogP contribution in [0, 0.1) is 6.92 Å². The molecule has 0 aliphatic heterocycles. The van der Waals surface area contributed by atoms with Gasteiger partial charge in [0.15, 0.2) is 5.16 Å². The van der Waals surface area contributed by atoms with Gasteiger partial charge in [0.2, 0.25) is 5.91 Å². The molecule has 0 aliphatic rings. The van der Waals surface area contributed by atoms with Crippen LogP contribution in [0.1, 0.15) is 11.4 Å². The van der Waals surface area contributed by atoms with Crippen LogP contribution in [0.25, 0.3) is 0 Å². The smallest absolute Gasteiger partial charge is 0.230 e. The van der Waals surface area contributed by atoms with Crippen LogP contribution in [-0.4, -0.2) is 26.4 Å². The molecule has 1 aromatic heterocycles. The monoisotopic (exact) mass is 370 g/mol. The number of nitrogens with one attached hydrogen (secondary N) is 1. The van der Waals surface area contributed by atoms with Crippen LogP contribution in [0.2, 0.25) is 10.0 Å². The predicted molar refractivity (Wildman–Crippen MR) is 94.0 cm³/mol. The van der Waals surface area contributed by atoms with Crippen molar-refractivity contribution in [1.29, 1.82) is 0 Å². The molecule has 0 atom stereocenters. The number of aromatic nitrogens is 3. The molecule has 8 heteroatoms. The molecular weight excluding hydrogens is 355 g/mol. The van der Waals surface area contributed by atoms with Gasteiger partial charge in [-0.1, -0.05) is 47.1 Å². The number of rotatable bonds is 7. The Hall–Kier alpha value is -1.50. The van der Waals surface area contributed by atoms with Crippen molar-refractivity contribution in [2.45, 2.75) is 25.2 Å². The van der Waals surface area contributed by atoms with Gasteiger partial charge in [-0.3, -0.25) is 4.79 Å². The van der Waals surface area contributed by atoms with Gasteiger partial charge in [-0.2, -0.15) is 0 Å². The molecule has 0 spiro atoms. The molecule has 2 aromatic rings. The molecule has 122 valence electrons. The molecular formula is C15H16Cl2N4OS. The zero-order valence-corrected chi connectivity index (χ0v) is 14.9. The number of allylic oxidation sites excluding steroid dienone is 1. The summed E-state index contributed by atoms with van der Waals surface area (Å²) in [6.07, 6.45) is 1.77. The number of hydrogen-bond donors (Lipinski definition) is 1. The molecule has 0 saturated heterocycles. The molecule has 1 N–H and O–H groups in total. The van der Waals surface area contributed by atoms with Gasteiger partial charge in [0, 0.05) is 13.1 Å². The molecule has 0 fully saturated rings. The van der Waals surface area contributed by atoms with Crippen LogP contribution in [0.3, 0.4) is 0 Å². The number of carbonyl (C=O) groups is 1. The third-order valence-corrected chi connectivity index (χ3v) is 4.73. The fraction of sp³-hybridized carbons (Fsp3) is 0.267. The van der Waals surface area contributed by atoms with Gasteiger partial charge in [0.1, 0.15) is 5.82 Å². The number of amides is 1. The second-order valence-electron chi connectivity index (χ2n) is 4.74. The van der Waals surface area contributed by atoms with E-state index in [2.05, 4.69) is 22.1 Å². The van der Waals surface area contributed by atoms with E-state index in [1.165, 1.54) is 11.8 Å². The lowest BCUT2D eigenvalue weighted by atomic mass is 10.2. The lowest BCUT2D eigenvalue weighted by molar-refractivity contribution is -0.118. The number of halogens is 2. The first-order valence-corrected chi connectivity index (χ1v) is 8.59. The third-order valence-electron chi connectivity index (χ3n) is 3.02. The minimum absolute atomic E-state index is 0.0909. The molecule has 2 rings (SSSR count). The number of benzene rings is 1. The number of hydrogen-bond acceptors (Lipinski definition) is 4. The van der Waals surface area contributed by atoms with Gasteiger partial charge >= 0.3 is 0 Å². The maximum atomic E-state index is 11.9. The van der Waals surface area contributed by atoms with E-state index < -0.39 is 0 Å². The fourth-order valence-electron chi connectivity index (χ4n) is 1.84. The maximum absolute atomic E-state index is 11.9. The van der Waals surface area contributed by atoms with Crippen LogP contribution in [0.5, 0.6) is 0 Å². The Labute approximate surface area is 149 Å². The van der Waals surface area contributed by atoms with E-state index >= 15 is 0 Å². The Morgan fingerprint density at radius 1 is 1.39 bits per heavy atom. The number of thioether (sulfide) groups is 1. The van der Waals surface area contributed by atoms with Crippen LogP contribution in [-0.2, 0) is 17.9 Å². The standard InChI is InChI=1S/C15H16Cl2N4OS/c1-3-6-21-10(2)19-20-15(21)23-9-14(22)18-8-11-4-5-12(16)13(17)7-11/h3-5,7H,1,6,8-9H2,2H3,(H,18,22). The highest BCUT2D eigenvalue weighted by molar-refractivity contribution is 7.99. The van der Waals surface area contributed by atoms with Gasteiger partial charge in [0.05, 0.1) is 15.8 Å². The highest BCUT2D eigenvalue weighted by Gasteiger charge is 2.11. The molecule has 0 aliphatic carbocycles. The van der Waals surface area contributed by atoms with Gasteiger partial charge in [-0.25, -0.2) is 0 Å². The van der Waals surface area contributed by atoms with E-state index in [1.807, 2.05) is 17.6 Å². The summed E-state index contributed by atoms with van der Waals surface area (Å²) >= 11 is 13.1. The zero-order chi connectivity index (χ0) is 16.8. The molecule has 5 nitrogen and oxygen atoms in total. The van der Waals surface area contributed by atoms with Crippen molar-refractivity contribution < 1.29 is 4.79 Å². The summed E-state index contributed by atoms with van der Waals surface area (Å²) in [6.45, 7) is 6.58. The van der Waals surface area contributed by atoms with Crippen LogP contribution >= 0.6 is 35.0 Å². The van der Waals surface area contributed by atoms with Crippen molar-refractivity contribution in [3.05, 3.63) is 52.3 Å². The van der Waals surface area contributed by atoms with E-state index in [0.29, 0.717) is 28.3 Å². The zero-order valence-electron chi connectivity index (χ0n) is 12.6. The van der Waals surface area contributed by atoms with E-state index in [1.54, 1.807) is 18.2 Å². The SMILES string of the molecule is C=CCn1c(C)nnc1SCC(=O)NCc1ccc(Cl)c(Cl)c1. The molecule has 1 heterocycles. The van der Waals surface area contributed by atoms with Gasteiger partial charge in [0.25, 0.3) is 0 Å². The maximum Gasteiger partial charge on any atom is 0.230 e. The molecule has 1 aromatic carbocycles. The first-order valence-electron chi connectivity index (χ1n) is 6.85. The number of nitrogens with zero attached hydrogens (tertiary/aromatic N) is 3. The van der Waals surface area contributed by atoms with Crippen molar-refractivity contribution in [3.8, 4) is 0 Å². The van der Waals surface area contributed by atoms with E-state index in [-0.39, 0.29) is 11.7 Å². The fourth-order valence-corrected chi connectivity index (χ4v) is 2.98. The van der Waals surface area contributed by atoms with Crippen molar-refractivity contribution in [2.75, 3.05) is 5.75 Å². The van der Waals surface area contributed by atoms with Gasteiger partial charge in [-0.15, -0.1) is 16.8 Å². The Kier molecular flexibility index (Phi) is 6.50. The topological polar surface area (TPSA) is 59.8 Å². The molecule has 0 saturated carbocycles. The lowest BCUT2D eigenvalue weighted by Gasteiger charge is -2.07. The number of carbonyl (C=O) groups excluding carboxylic acids is 1. The quantitative estimate of drug-likeness (QED) is 0.598. The summed E-state index contributed by atoms with van der Waals surface area (Å²) in [6, 6.07) is 5.27. The summed E-state index contributed by atoms with van der Waals surface area (Å²) in [7, 11) is 0. The summed E-state index contributed by atoms with van der Waals surface area (Å²) in [5.74, 6) is 0.965. The van der Waals surface area contributed by atoms with Crippen molar-refractivity contribution >= 4 is 40.9 Å². The predicted octanol–water partition coefficient (Wildman–Crippen LogP) is 3.49. The van der Waals surface area contributed by atoms with Crippen molar-refractivity contribution in [1.82, 2.24) is 20.1 Å². The minimum atomic E-state index is -0.0909. The molecule has 0 radical (unpaired) electrons. The number of aryl methyl sites for hydroxylation is 1. The van der Waals surface area contributed by atoms with Crippen molar-refractivity contribution in [2.24, 2.45) is 0 Å². The van der Waals surface area contributed by atoms with E-state index in [4.69, 9.17) is 23.2 Å². The summed E-state index contributed by atoms with van der Waals surface area (Å²) < 4.78 is 1.91. The van der Waals surface area contributed by atoms with E-state index in [9.17, 15) is 4.79 Å². The Balaban J connectivity index is 1.85. The average molecular weight is 371 g/mol. The summed E-state index contributed by atoms with van der Waals surface area (Å²) in [5, 5.41) is 12.6. The van der Waals surface area contributed by atoms with Crippen molar-refractivity contribution in [3.63, 3.8) is 0 Å². The molecule has 0 unspecified atom stereocenters.